The highest BCUT2D eigenvalue weighted by Crippen LogP contribution is 2.45. The van der Waals surface area contributed by atoms with Crippen LogP contribution in [-0.2, 0) is 14.8 Å². The Labute approximate surface area is 110 Å². The molecule has 0 aromatic rings. The Balaban J connectivity index is 5.55. The predicted octanol–water partition coefficient (Wildman–Crippen LogP) is 2.99. The van der Waals surface area contributed by atoms with Crippen LogP contribution in [0.3, 0.4) is 0 Å². The first kappa shape index (κ1) is 18.9. The molecule has 0 saturated carbocycles. The van der Waals surface area contributed by atoms with Gasteiger partial charge in [0.2, 0.25) is 0 Å². The minimum atomic E-state index is -6.55. The van der Waals surface area contributed by atoms with Crippen LogP contribution in [0.15, 0.2) is 0 Å². The third-order valence-corrected chi connectivity index (χ3v) is 3.70. The normalized spacial score (nSPS) is 15.4. The van der Waals surface area contributed by atoms with Crippen LogP contribution in [-0.4, -0.2) is 35.7 Å². The quantitative estimate of drug-likeness (QED) is 0.537. The molecule has 0 radical (unpaired) electrons. The van der Waals surface area contributed by atoms with E-state index in [1.165, 1.54) is 0 Å². The number of alkyl halides is 8. The van der Waals surface area contributed by atoms with Crippen LogP contribution in [0.4, 0.5) is 35.1 Å². The van der Waals surface area contributed by atoms with Crippen molar-refractivity contribution in [1.82, 2.24) is 3.34 Å². The summed E-state index contributed by atoms with van der Waals surface area (Å²) in [5.41, 5.74) is 0. The van der Waals surface area contributed by atoms with Gasteiger partial charge in [-0.15, -0.1) is 0 Å². The summed E-state index contributed by atoms with van der Waals surface area (Å²) in [4.78, 5) is 0. The third-order valence-electron chi connectivity index (χ3n) is 1.36. The highest BCUT2D eigenvalue weighted by Gasteiger charge is 2.72. The minimum absolute atomic E-state index is 1.45. The summed E-state index contributed by atoms with van der Waals surface area (Å²) in [5, 5.41) is -6.43. The smallest absolute Gasteiger partial charge is 0.245 e. The van der Waals surface area contributed by atoms with E-state index < -0.39 is 37.3 Å². The summed E-state index contributed by atoms with van der Waals surface area (Å²) in [6.45, 7) is 0. The molecule has 4 nitrogen and oxygen atoms in total. The number of hydrogen-bond donors (Lipinski definition) is 0. The van der Waals surface area contributed by atoms with Gasteiger partial charge in [0, 0.05) is 23.6 Å². The Hall–Kier alpha value is -0.110. The fourth-order valence-corrected chi connectivity index (χ4v) is 1.55. The summed E-state index contributed by atoms with van der Waals surface area (Å²) < 4.78 is 120. The average Bonchev–Trinajstić information content (AvgIpc) is 2.14. The number of sulfonamides is 1. The lowest BCUT2D eigenvalue weighted by Gasteiger charge is -2.28. The number of halogens is 10. The Morgan fingerprint density at radius 1 is 1.00 bits per heavy atom. The van der Waals surface area contributed by atoms with Crippen LogP contribution in [0.1, 0.15) is 0 Å². The summed E-state index contributed by atoms with van der Waals surface area (Å²) in [6.07, 6.45) is -17.5. The maximum atomic E-state index is 12.8. The lowest BCUT2D eigenvalue weighted by molar-refractivity contribution is -0.435. The molecule has 0 heterocycles. The Morgan fingerprint density at radius 3 is 1.63 bits per heavy atom. The van der Waals surface area contributed by atoms with E-state index >= 15 is 0 Å². The molecule has 0 aliphatic heterocycles. The van der Waals surface area contributed by atoms with Gasteiger partial charge in [-0.05, 0) is 3.34 Å². The van der Waals surface area contributed by atoms with Gasteiger partial charge in [0.1, 0.15) is 0 Å². The second kappa shape index (κ2) is 5.35. The molecule has 0 aromatic carbocycles. The van der Waals surface area contributed by atoms with Gasteiger partial charge in [0.15, 0.2) is 0 Å². The van der Waals surface area contributed by atoms with E-state index in [2.05, 4.69) is 23.6 Å². The highest BCUT2D eigenvalue weighted by molar-refractivity contribution is 7.92. The van der Waals surface area contributed by atoms with Crippen molar-refractivity contribution in [1.29, 1.82) is 0 Å². The SMILES string of the molecule is O=S(=O)(N(Cl)Cl)C(F)(F)C(F)(F)OC(F)(F)C(F)F. The largest absolute Gasteiger partial charge is 0.451 e. The van der Waals surface area contributed by atoms with Gasteiger partial charge in [-0.25, -0.2) is 21.9 Å². The van der Waals surface area contributed by atoms with Gasteiger partial charge >= 0.3 is 33.9 Å². The highest BCUT2D eigenvalue weighted by atomic mass is 35.5. The summed E-state index contributed by atoms with van der Waals surface area (Å²) in [7, 11) is -6.55. The first-order valence-corrected chi connectivity index (χ1v) is 5.69. The van der Waals surface area contributed by atoms with Gasteiger partial charge < -0.3 is 0 Å². The molecule has 0 rings (SSSR count). The van der Waals surface area contributed by atoms with Crippen molar-refractivity contribution in [3.63, 3.8) is 0 Å². The molecule has 0 saturated heterocycles. The van der Waals surface area contributed by atoms with E-state index in [-0.39, 0.29) is 0 Å². The van der Waals surface area contributed by atoms with Crippen LogP contribution in [0.25, 0.3) is 0 Å². The first-order chi connectivity index (χ1) is 8.09. The Kier molecular flexibility index (Phi) is 5.32. The van der Waals surface area contributed by atoms with E-state index in [0.29, 0.717) is 0 Å². The van der Waals surface area contributed by atoms with Crippen LogP contribution in [0, 0.1) is 0 Å². The summed E-state index contributed by atoms with van der Waals surface area (Å²) in [6, 6.07) is 0. The van der Waals surface area contributed by atoms with Crippen molar-refractivity contribution < 1.29 is 48.3 Å². The third kappa shape index (κ3) is 3.51. The fraction of sp³-hybridized carbons (Fsp3) is 1.00. The second-order valence-electron chi connectivity index (χ2n) is 2.68. The van der Waals surface area contributed by atoms with Crippen molar-refractivity contribution in [3.05, 3.63) is 0 Å². The first-order valence-electron chi connectivity index (χ1n) is 3.58. The summed E-state index contributed by atoms with van der Waals surface area (Å²) >= 11 is 8.60. The van der Waals surface area contributed by atoms with Gasteiger partial charge in [-0.3, -0.25) is 0 Å². The van der Waals surface area contributed by atoms with Gasteiger partial charge in [-0.1, -0.05) is 0 Å². The monoisotopic (exact) mass is 365 g/mol. The Bertz CT molecular complexity index is 426. The Morgan fingerprint density at radius 2 is 1.37 bits per heavy atom. The molecular weight excluding hydrogens is 365 g/mol. The zero-order chi connectivity index (χ0) is 15.9. The van der Waals surface area contributed by atoms with Crippen molar-refractivity contribution >= 4 is 33.6 Å². The lowest BCUT2D eigenvalue weighted by Crippen LogP contribution is -2.54. The number of nitrogens with zero attached hydrogens (tertiary/aromatic N) is 1. The molecule has 0 aliphatic carbocycles. The van der Waals surface area contributed by atoms with Gasteiger partial charge in [-0.2, -0.15) is 26.3 Å². The van der Waals surface area contributed by atoms with E-state index in [9.17, 15) is 43.5 Å². The predicted molar refractivity (Wildman–Crippen MR) is 44.4 cm³/mol. The molecule has 0 amide bonds. The number of rotatable bonds is 6. The van der Waals surface area contributed by atoms with Crippen LogP contribution < -0.4 is 0 Å². The van der Waals surface area contributed by atoms with Crippen molar-refractivity contribution in [2.45, 2.75) is 23.9 Å². The number of ether oxygens (including phenoxy) is 1. The zero-order valence-electron chi connectivity index (χ0n) is 7.94. The van der Waals surface area contributed by atoms with Crippen LogP contribution in [0.5, 0.6) is 0 Å². The van der Waals surface area contributed by atoms with E-state index in [1.807, 2.05) is 4.74 Å². The van der Waals surface area contributed by atoms with Crippen LogP contribution in [0.2, 0.25) is 0 Å². The van der Waals surface area contributed by atoms with Gasteiger partial charge in [0.05, 0.1) is 0 Å². The molecule has 0 aromatic heterocycles. The van der Waals surface area contributed by atoms with Crippen molar-refractivity contribution in [2.24, 2.45) is 0 Å². The average molecular weight is 366 g/mol. The molecule has 15 heteroatoms. The maximum absolute atomic E-state index is 12.8. The molecule has 0 N–H and O–H groups in total. The molecule has 0 atom stereocenters. The molecule has 0 aliphatic rings. The fourth-order valence-electron chi connectivity index (χ4n) is 0.512. The van der Waals surface area contributed by atoms with E-state index in [4.69, 9.17) is 0 Å². The lowest BCUT2D eigenvalue weighted by atomic mass is 10.6. The van der Waals surface area contributed by atoms with Gasteiger partial charge in [0.25, 0.3) is 0 Å². The number of hydrogen-bond acceptors (Lipinski definition) is 3. The maximum Gasteiger partial charge on any atom is 0.451 e. The van der Waals surface area contributed by atoms with E-state index in [0.717, 1.165) is 0 Å². The second-order valence-corrected chi connectivity index (χ2v) is 5.75. The summed E-state index contributed by atoms with van der Waals surface area (Å²) in [5.74, 6) is 0. The molecule has 19 heavy (non-hydrogen) atoms. The molecular formula is C4HCl2F8NO3S. The van der Waals surface area contributed by atoms with Crippen molar-refractivity contribution in [2.75, 3.05) is 0 Å². The molecule has 116 valence electrons. The van der Waals surface area contributed by atoms with E-state index in [1.54, 1.807) is 0 Å². The topological polar surface area (TPSA) is 46.6 Å². The molecule has 0 bridgehead atoms. The molecule has 0 fully saturated rings. The standard InChI is InChI=1S/C4HCl2F8NO3S/c5-15(6)19(16,17)4(13,14)3(11,12)18-2(9,10)1(7)8/h1H. The van der Waals surface area contributed by atoms with Crippen LogP contribution >= 0.6 is 23.6 Å². The zero-order valence-corrected chi connectivity index (χ0v) is 10.3. The minimum Gasteiger partial charge on any atom is -0.245 e. The molecule has 0 unspecified atom stereocenters. The van der Waals surface area contributed by atoms with Crippen molar-refractivity contribution in [3.8, 4) is 0 Å². The molecule has 0 spiro atoms.